The first-order valence-electron chi connectivity index (χ1n) is 7.45. The van der Waals surface area contributed by atoms with E-state index in [-0.39, 0.29) is 12.5 Å². The molecule has 0 spiro atoms. The van der Waals surface area contributed by atoms with Crippen LogP contribution in [0.2, 0.25) is 0 Å². The lowest BCUT2D eigenvalue weighted by atomic mass is 9.90. The summed E-state index contributed by atoms with van der Waals surface area (Å²) >= 11 is 0. The number of methoxy groups -OCH3 is 1. The summed E-state index contributed by atoms with van der Waals surface area (Å²) in [5, 5.41) is 11.7. The Labute approximate surface area is 141 Å². The maximum Gasteiger partial charge on any atom is 0.344 e. The zero-order chi connectivity index (χ0) is 18.2. The molecule has 130 valence electrons. The molecule has 0 radical (unpaired) electrons. The summed E-state index contributed by atoms with van der Waals surface area (Å²) in [6, 6.07) is 8.74. The number of esters is 1. The Hall–Kier alpha value is -2.75. The van der Waals surface area contributed by atoms with Gasteiger partial charge in [-0.3, -0.25) is 4.79 Å². The summed E-state index contributed by atoms with van der Waals surface area (Å²) in [5.74, 6) is -0.142. The predicted octanol–water partition coefficient (Wildman–Crippen LogP) is 1.67. The predicted molar refractivity (Wildman–Crippen MR) is 86.4 cm³/mol. The van der Waals surface area contributed by atoms with Crippen molar-refractivity contribution in [2.45, 2.75) is 26.3 Å². The Morgan fingerprint density at radius 3 is 2.29 bits per heavy atom. The van der Waals surface area contributed by atoms with Crippen LogP contribution in [0.5, 0.6) is 11.5 Å². The number of carbonyl (C=O) groups is 2. The molecule has 7 heteroatoms. The van der Waals surface area contributed by atoms with Crippen molar-refractivity contribution in [2.24, 2.45) is 5.92 Å². The van der Waals surface area contributed by atoms with Crippen LogP contribution in [0.3, 0.4) is 0 Å². The number of rotatable bonds is 8. The van der Waals surface area contributed by atoms with Crippen LogP contribution in [0.25, 0.3) is 0 Å². The van der Waals surface area contributed by atoms with Crippen LogP contribution in [0, 0.1) is 17.2 Å². The van der Waals surface area contributed by atoms with Crippen molar-refractivity contribution in [3.8, 4) is 17.6 Å². The van der Waals surface area contributed by atoms with E-state index in [9.17, 15) is 9.59 Å². The van der Waals surface area contributed by atoms with Gasteiger partial charge in [0, 0.05) is 0 Å². The second-order valence-electron chi connectivity index (χ2n) is 5.64. The van der Waals surface area contributed by atoms with Crippen LogP contribution in [-0.4, -0.2) is 37.7 Å². The first-order chi connectivity index (χ1) is 11.3. The smallest absolute Gasteiger partial charge is 0.344 e. The number of nitrogens with zero attached hydrogens (tertiary/aromatic N) is 1. The summed E-state index contributed by atoms with van der Waals surface area (Å²) in [6.07, 6.45) is 0. The van der Waals surface area contributed by atoms with Crippen molar-refractivity contribution in [3.63, 3.8) is 0 Å². The van der Waals surface area contributed by atoms with E-state index >= 15 is 0 Å². The average molecular weight is 334 g/mol. The van der Waals surface area contributed by atoms with Crippen molar-refractivity contribution >= 4 is 11.9 Å². The molecule has 0 aliphatic heterocycles. The van der Waals surface area contributed by atoms with Gasteiger partial charge in [0.2, 0.25) is 0 Å². The number of hydrogen-bond donors (Lipinski definition) is 1. The van der Waals surface area contributed by atoms with Gasteiger partial charge in [-0.1, -0.05) is 13.8 Å². The molecule has 24 heavy (non-hydrogen) atoms. The largest absolute Gasteiger partial charge is 0.497 e. The van der Waals surface area contributed by atoms with Gasteiger partial charge in [0.15, 0.2) is 13.2 Å². The van der Waals surface area contributed by atoms with Gasteiger partial charge in [-0.05, 0) is 37.1 Å². The number of ether oxygens (including phenoxy) is 3. The van der Waals surface area contributed by atoms with E-state index in [1.165, 1.54) is 0 Å². The van der Waals surface area contributed by atoms with Crippen molar-refractivity contribution < 1.29 is 23.8 Å². The third-order valence-electron chi connectivity index (χ3n) is 3.57. The van der Waals surface area contributed by atoms with Crippen LogP contribution in [0.15, 0.2) is 24.3 Å². The van der Waals surface area contributed by atoms with Crippen LogP contribution in [0.1, 0.15) is 20.8 Å². The van der Waals surface area contributed by atoms with Gasteiger partial charge in [0.25, 0.3) is 5.91 Å². The average Bonchev–Trinajstić information content (AvgIpc) is 2.58. The molecule has 1 rings (SSSR count). The Balaban J connectivity index is 2.37. The van der Waals surface area contributed by atoms with Gasteiger partial charge >= 0.3 is 5.97 Å². The molecule has 0 heterocycles. The normalized spacial score (nSPS) is 12.7. The third kappa shape index (κ3) is 5.80. The lowest BCUT2D eigenvalue weighted by molar-refractivity contribution is -0.150. The molecule has 0 aromatic heterocycles. The first kappa shape index (κ1) is 19.3. The number of benzene rings is 1. The van der Waals surface area contributed by atoms with Crippen LogP contribution in [0.4, 0.5) is 0 Å². The van der Waals surface area contributed by atoms with Gasteiger partial charge in [-0.2, -0.15) is 5.26 Å². The van der Waals surface area contributed by atoms with Gasteiger partial charge < -0.3 is 19.5 Å². The number of hydrogen-bond acceptors (Lipinski definition) is 6. The Morgan fingerprint density at radius 1 is 1.21 bits per heavy atom. The van der Waals surface area contributed by atoms with Crippen molar-refractivity contribution in [3.05, 3.63) is 24.3 Å². The third-order valence-corrected chi connectivity index (χ3v) is 3.57. The highest BCUT2D eigenvalue weighted by atomic mass is 16.6. The van der Waals surface area contributed by atoms with Gasteiger partial charge in [-0.25, -0.2) is 4.79 Å². The van der Waals surface area contributed by atoms with Gasteiger partial charge in [0.05, 0.1) is 13.2 Å². The fourth-order valence-corrected chi connectivity index (χ4v) is 1.63. The van der Waals surface area contributed by atoms with E-state index in [2.05, 4.69) is 5.32 Å². The molecular formula is C17H22N2O5. The Bertz CT molecular complexity index is 606. The minimum atomic E-state index is -1.01. The molecule has 0 aliphatic rings. The summed E-state index contributed by atoms with van der Waals surface area (Å²) in [4.78, 5) is 23.4. The molecule has 0 unspecified atom stereocenters. The van der Waals surface area contributed by atoms with Crippen molar-refractivity contribution in [1.82, 2.24) is 5.32 Å². The van der Waals surface area contributed by atoms with E-state index in [0.717, 1.165) is 0 Å². The topological polar surface area (TPSA) is 97.7 Å². The molecule has 0 saturated carbocycles. The number of amides is 1. The van der Waals surface area contributed by atoms with E-state index in [1.807, 2.05) is 19.9 Å². The van der Waals surface area contributed by atoms with Crippen molar-refractivity contribution in [2.75, 3.05) is 20.3 Å². The SMILES string of the molecule is COc1ccc(OCC(=O)OCC(=O)N[C@](C)(C#N)C(C)C)cc1. The quantitative estimate of drug-likeness (QED) is 0.726. The molecule has 0 fully saturated rings. The van der Waals surface area contributed by atoms with Gasteiger partial charge in [-0.15, -0.1) is 0 Å². The highest BCUT2D eigenvalue weighted by molar-refractivity contribution is 5.81. The van der Waals surface area contributed by atoms with Crippen molar-refractivity contribution in [1.29, 1.82) is 5.26 Å². The molecule has 1 N–H and O–H groups in total. The number of carbonyl (C=O) groups excluding carboxylic acids is 2. The van der Waals surface area contributed by atoms with Gasteiger partial charge in [0.1, 0.15) is 17.0 Å². The van der Waals surface area contributed by atoms with Crippen LogP contribution in [-0.2, 0) is 14.3 Å². The fourth-order valence-electron chi connectivity index (χ4n) is 1.63. The molecule has 0 bridgehead atoms. The maximum absolute atomic E-state index is 11.8. The molecule has 1 amide bonds. The molecule has 0 saturated heterocycles. The highest BCUT2D eigenvalue weighted by Gasteiger charge is 2.30. The van der Waals surface area contributed by atoms with Crippen LogP contribution >= 0.6 is 0 Å². The lowest BCUT2D eigenvalue weighted by Crippen LogP contribution is -2.50. The molecule has 0 aliphatic carbocycles. The number of nitriles is 1. The Morgan fingerprint density at radius 2 is 1.79 bits per heavy atom. The fraction of sp³-hybridized carbons (Fsp3) is 0.471. The second-order valence-corrected chi connectivity index (χ2v) is 5.64. The summed E-state index contributed by atoms with van der Waals surface area (Å²) in [7, 11) is 1.55. The minimum absolute atomic E-state index is 0.0828. The molecule has 7 nitrogen and oxygen atoms in total. The van der Waals surface area contributed by atoms with E-state index in [0.29, 0.717) is 11.5 Å². The maximum atomic E-state index is 11.8. The second kappa shape index (κ2) is 8.77. The molecule has 1 aromatic carbocycles. The molecule has 1 aromatic rings. The van der Waals surface area contributed by atoms with E-state index < -0.39 is 24.0 Å². The first-order valence-corrected chi connectivity index (χ1v) is 7.45. The monoisotopic (exact) mass is 334 g/mol. The highest BCUT2D eigenvalue weighted by Crippen LogP contribution is 2.17. The van der Waals surface area contributed by atoms with E-state index in [4.69, 9.17) is 19.5 Å². The Kier molecular flexibility index (Phi) is 7.05. The summed E-state index contributed by atoms with van der Waals surface area (Å²) < 4.78 is 15.1. The molecule has 1 atom stereocenters. The minimum Gasteiger partial charge on any atom is -0.497 e. The van der Waals surface area contributed by atoms with E-state index in [1.54, 1.807) is 38.3 Å². The standard InChI is InChI=1S/C17H22N2O5/c1-12(2)17(3,11-18)19-15(20)9-24-16(21)10-23-14-7-5-13(22-4)6-8-14/h5-8,12H,9-10H2,1-4H3,(H,19,20)/t17-/m1/s1. The van der Waals surface area contributed by atoms with Crippen LogP contribution < -0.4 is 14.8 Å². The summed E-state index contributed by atoms with van der Waals surface area (Å²) in [5.41, 5.74) is -1.01. The number of nitrogens with one attached hydrogen (secondary N) is 1. The zero-order valence-corrected chi connectivity index (χ0v) is 14.3. The summed E-state index contributed by atoms with van der Waals surface area (Å²) in [6.45, 7) is 4.47. The lowest BCUT2D eigenvalue weighted by Gasteiger charge is -2.27. The molecular weight excluding hydrogens is 312 g/mol. The zero-order valence-electron chi connectivity index (χ0n) is 14.3.